The molecular weight excluding hydrogens is 244 g/mol. The van der Waals surface area contributed by atoms with Crippen LogP contribution in [-0.4, -0.2) is 0 Å². The summed E-state index contributed by atoms with van der Waals surface area (Å²) in [6.07, 6.45) is 1.79. The summed E-state index contributed by atoms with van der Waals surface area (Å²) in [5, 5.41) is 13.2. The minimum Gasteiger partial charge on any atom is -0.364 e. The number of anilines is 1. The number of hydrogen-bond acceptors (Lipinski definition) is 2. The van der Waals surface area contributed by atoms with Crippen LogP contribution in [0.3, 0.4) is 0 Å². The maximum absolute atomic E-state index is 9.77. The summed E-state index contributed by atoms with van der Waals surface area (Å²) in [6, 6.07) is 17.2. The Kier molecular flexibility index (Phi) is 2.99. The second-order valence-electron chi connectivity index (χ2n) is 5.67. The van der Waals surface area contributed by atoms with E-state index in [-0.39, 0.29) is 0 Å². The van der Waals surface area contributed by atoms with Gasteiger partial charge in [0, 0.05) is 5.69 Å². The minimum absolute atomic E-state index is 0.588. The van der Waals surface area contributed by atoms with E-state index < -0.39 is 5.54 Å². The number of nitriles is 1. The molecule has 0 spiro atoms. The van der Waals surface area contributed by atoms with Crippen LogP contribution in [0.1, 0.15) is 28.7 Å². The van der Waals surface area contributed by atoms with Crippen molar-refractivity contribution < 1.29 is 0 Å². The highest BCUT2D eigenvalue weighted by Gasteiger charge is 2.39. The molecule has 3 rings (SSSR count). The summed E-state index contributed by atoms with van der Waals surface area (Å²) in [4.78, 5) is 0. The Hall–Kier alpha value is -2.27. The first-order valence-electron chi connectivity index (χ1n) is 6.99. The van der Waals surface area contributed by atoms with Gasteiger partial charge in [0.25, 0.3) is 0 Å². The molecule has 0 saturated heterocycles. The van der Waals surface area contributed by atoms with Gasteiger partial charge in [-0.1, -0.05) is 35.9 Å². The zero-order valence-electron chi connectivity index (χ0n) is 11.9. The van der Waals surface area contributed by atoms with Crippen molar-refractivity contribution in [2.45, 2.75) is 32.2 Å². The van der Waals surface area contributed by atoms with Gasteiger partial charge in [0.05, 0.1) is 6.07 Å². The predicted octanol–water partition coefficient (Wildman–Crippen LogP) is 4.08. The maximum Gasteiger partial charge on any atom is 0.151 e. The van der Waals surface area contributed by atoms with Crippen molar-refractivity contribution >= 4 is 5.69 Å². The van der Waals surface area contributed by atoms with Crippen molar-refractivity contribution in [3.8, 4) is 6.07 Å². The second-order valence-corrected chi connectivity index (χ2v) is 5.67. The van der Waals surface area contributed by atoms with Crippen LogP contribution < -0.4 is 5.32 Å². The zero-order chi connectivity index (χ0) is 14.2. The van der Waals surface area contributed by atoms with Crippen molar-refractivity contribution in [1.82, 2.24) is 0 Å². The number of benzene rings is 2. The van der Waals surface area contributed by atoms with E-state index in [1.807, 2.05) is 12.1 Å². The van der Waals surface area contributed by atoms with Gasteiger partial charge in [0.15, 0.2) is 5.54 Å². The van der Waals surface area contributed by atoms with Gasteiger partial charge < -0.3 is 5.32 Å². The summed E-state index contributed by atoms with van der Waals surface area (Å²) in [7, 11) is 0. The topological polar surface area (TPSA) is 35.8 Å². The number of aryl methyl sites for hydroxylation is 3. The van der Waals surface area contributed by atoms with Gasteiger partial charge in [-0.2, -0.15) is 5.26 Å². The molecule has 20 heavy (non-hydrogen) atoms. The smallest absolute Gasteiger partial charge is 0.151 e. The largest absolute Gasteiger partial charge is 0.364 e. The third-order valence-electron chi connectivity index (χ3n) is 4.06. The minimum atomic E-state index is -0.588. The van der Waals surface area contributed by atoms with Crippen molar-refractivity contribution in [2.24, 2.45) is 0 Å². The molecule has 0 fully saturated rings. The maximum atomic E-state index is 9.77. The van der Waals surface area contributed by atoms with Crippen molar-refractivity contribution in [2.75, 3.05) is 5.32 Å². The fourth-order valence-electron chi connectivity index (χ4n) is 3.01. The second kappa shape index (κ2) is 4.68. The van der Waals surface area contributed by atoms with Gasteiger partial charge in [0.2, 0.25) is 0 Å². The average Bonchev–Trinajstić information content (AvgIpc) is 2.78. The first-order valence-corrected chi connectivity index (χ1v) is 6.99. The molecule has 0 amide bonds. The highest BCUT2D eigenvalue weighted by atomic mass is 15.0. The van der Waals surface area contributed by atoms with Gasteiger partial charge in [-0.05, 0) is 55.5 Å². The average molecular weight is 262 g/mol. The first-order chi connectivity index (χ1) is 9.63. The molecule has 0 heterocycles. The van der Waals surface area contributed by atoms with E-state index in [1.54, 1.807) is 0 Å². The SMILES string of the molecule is Cc1cccc(NC2(C#N)CCc3ccc(C)cc32)c1. The third kappa shape index (κ3) is 2.06. The quantitative estimate of drug-likeness (QED) is 0.885. The van der Waals surface area contributed by atoms with Crippen LogP contribution in [-0.2, 0) is 12.0 Å². The Balaban J connectivity index is 2.03. The Morgan fingerprint density at radius 3 is 2.65 bits per heavy atom. The zero-order valence-corrected chi connectivity index (χ0v) is 11.9. The first kappa shape index (κ1) is 12.7. The lowest BCUT2D eigenvalue weighted by molar-refractivity contribution is 0.620. The summed E-state index contributed by atoms with van der Waals surface area (Å²) in [5.41, 5.74) is 5.26. The van der Waals surface area contributed by atoms with Gasteiger partial charge >= 0.3 is 0 Å². The van der Waals surface area contributed by atoms with E-state index in [0.717, 1.165) is 24.1 Å². The van der Waals surface area contributed by atoms with Crippen LogP contribution in [0.2, 0.25) is 0 Å². The molecule has 1 unspecified atom stereocenters. The van der Waals surface area contributed by atoms with E-state index in [4.69, 9.17) is 0 Å². The van der Waals surface area contributed by atoms with Gasteiger partial charge in [-0.3, -0.25) is 0 Å². The molecule has 2 heteroatoms. The molecule has 0 aliphatic heterocycles. The standard InChI is InChI=1S/C18H18N2/c1-13-4-3-5-16(10-13)20-18(12-19)9-8-15-7-6-14(2)11-17(15)18/h3-7,10-11,20H,8-9H2,1-2H3. The van der Waals surface area contributed by atoms with Crippen molar-refractivity contribution in [3.63, 3.8) is 0 Å². The van der Waals surface area contributed by atoms with Gasteiger partial charge in [-0.15, -0.1) is 0 Å². The highest BCUT2D eigenvalue weighted by molar-refractivity contribution is 5.56. The molecule has 1 aliphatic carbocycles. The monoisotopic (exact) mass is 262 g/mol. The van der Waals surface area contributed by atoms with Crippen LogP contribution in [0, 0.1) is 25.2 Å². The fourth-order valence-corrected chi connectivity index (χ4v) is 3.01. The summed E-state index contributed by atoms with van der Waals surface area (Å²) in [6.45, 7) is 4.14. The van der Waals surface area contributed by atoms with Crippen LogP contribution in [0.15, 0.2) is 42.5 Å². The highest BCUT2D eigenvalue weighted by Crippen LogP contribution is 2.39. The molecule has 2 aromatic carbocycles. The van der Waals surface area contributed by atoms with Gasteiger partial charge in [-0.25, -0.2) is 0 Å². The number of fused-ring (bicyclic) bond motifs is 1. The van der Waals surface area contributed by atoms with Crippen molar-refractivity contribution in [1.29, 1.82) is 5.26 Å². The lowest BCUT2D eigenvalue weighted by Crippen LogP contribution is -2.31. The molecule has 2 nitrogen and oxygen atoms in total. The normalized spacial score (nSPS) is 20.2. The van der Waals surface area contributed by atoms with E-state index in [9.17, 15) is 5.26 Å². The van der Waals surface area contributed by atoms with Crippen LogP contribution >= 0.6 is 0 Å². The van der Waals surface area contributed by atoms with E-state index in [0.29, 0.717) is 0 Å². The summed E-state index contributed by atoms with van der Waals surface area (Å²) in [5.74, 6) is 0. The summed E-state index contributed by atoms with van der Waals surface area (Å²) >= 11 is 0. The van der Waals surface area contributed by atoms with Crippen molar-refractivity contribution in [3.05, 3.63) is 64.7 Å². The predicted molar refractivity (Wildman–Crippen MR) is 81.6 cm³/mol. The Labute approximate surface area is 120 Å². The lowest BCUT2D eigenvalue weighted by atomic mass is 9.92. The molecule has 0 aromatic heterocycles. The van der Waals surface area contributed by atoms with E-state index in [2.05, 4.69) is 55.6 Å². The Morgan fingerprint density at radius 1 is 1.10 bits per heavy atom. The Morgan fingerprint density at radius 2 is 1.90 bits per heavy atom. The van der Waals surface area contributed by atoms with E-state index >= 15 is 0 Å². The molecule has 0 saturated carbocycles. The molecular formula is C18H18N2. The number of rotatable bonds is 2. The number of nitrogens with one attached hydrogen (secondary N) is 1. The van der Waals surface area contributed by atoms with Crippen LogP contribution in [0.4, 0.5) is 5.69 Å². The molecule has 1 N–H and O–H groups in total. The molecule has 0 bridgehead atoms. The Bertz CT molecular complexity index is 697. The number of nitrogens with zero attached hydrogens (tertiary/aromatic N) is 1. The van der Waals surface area contributed by atoms with Crippen LogP contribution in [0.25, 0.3) is 0 Å². The molecule has 100 valence electrons. The van der Waals surface area contributed by atoms with Crippen LogP contribution in [0.5, 0.6) is 0 Å². The lowest BCUT2D eigenvalue weighted by Gasteiger charge is -2.25. The number of hydrogen-bond donors (Lipinski definition) is 1. The molecule has 1 atom stereocenters. The molecule has 0 radical (unpaired) electrons. The molecule has 2 aromatic rings. The summed E-state index contributed by atoms with van der Waals surface area (Å²) < 4.78 is 0. The third-order valence-corrected chi connectivity index (χ3v) is 4.06. The molecule has 1 aliphatic rings. The fraction of sp³-hybridized carbons (Fsp3) is 0.278. The van der Waals surface area contributed by atoms with Gasteiger partial charge in [0.1, 0.15) is 0 Å². The van der Waals surface area contributed by atoms with E-state index in [1.165, 1.54) is 16.7 Å².